The van der Waals surface area contributed by atoms with Crippen molar-refractivity contribution in [1.82, 2.24) is 24.2 Å². The minimum Gasteiger partial charge on any atom is -0.368 e. The molecule has 2 aliphatic heterocycles. The average molecular weight is 315 g/mol. The van der Waals surface area contributed by atoms with Gasteiger partial charge in [-0.15, -0.1) is 10.2 Å². The molecule has 4 rings (SSSR count). The lowest BCUT2D eigenvalue weighted by atomic mass is 10.2. The molecule has 1 fully saturated rings. The zero-order valence-corrected chi connectivity index (χ0v) is 13.1. The van der Waals surface area contributed by atoms with Crippen LogP contribution in [0.25, 0.3) is 0 Å². The first kappa shape index (κ1) is 14.4. The minimum atomic E-state index is -0.260. The molecule has 1 amide bonds. The molecule has 0 N–H and O–H groups in total. The summed E-state index contributed by atoms with van der Waals surface area (Å²) in [6.07, 6.45) is 6.51. The van der Waals surface area contributed by atoms with Gasteiger partial charge in [-0.05, 0) is 31.4 Å². The summed E-state index contributed by atoms with van der Waals surface area (Å²) in [7, 11) is 0. The Morgan fingerprint density at radius 3 is 2.87 bits per heavy atom. The van der Waals surface area contributed by atoms with Crippen LogP contribution in [0.15, 0.2) is 24.5 Å². The van der Waals surface area contributed by atoms with Crippen molar-refractivity contribution in [3.8, 4) is 0 Å². The van der Waals surface area contributed by atoms with Crippen molar-refractivity contribution in [2.75, 3.05) is 13.2 Å². The van der Waals surface area contributed by atoms with E-state index >= 15 is 0 Å². The highest BCUT2D eigenvalue weighted by Crippen LogP contribution is 2.19. The van der Waals surface area contributed by atoms with Crippen LogP contribution in [0.4, 0.5) is 0 Å². The predicted molar refractivity (Wildman–Crippen MR) is 82.6 cm³/mol. The molecular weight excluding hydrogens is 294 g/mol. The lowest BCUT2D eigenvalue weighted by molar-refractivity contribution is -0.141. The molecule has 122 valence electrons. The number of fused-ring (bicyclic) bond motifs is 1. The standard InChI is InChI=1S/C16H21N5O2/c22-16(13-5-3-10-23-13)20-8-4-9-21-14(17-18-15(21)12-20)11-19-6-1-2-7-19/h1-2,6-7,13H,3-5,8-12H2/t13-/m1/s1. The summed E-state index contributed by atoms with van der Waals surface area (Å²) >= 11 is 0. The summed E-state index contributed by atoms with van der Waals surface area (Å²) in [5, 5.41) is 8.65. The molecule has 0 aromatic carbocycles. The Kier molecular flexibility index (Phi) is 3.87. The Hall–Kier alpha value is -2.15. The van der Waals surface area contributed by atoms with Gasteiger partial charge in [0.1, 0.15) is 6.10 Å². The summed E-state index contributed by atoms with van der Waals surface area (Å²) < 4.78 is 9.77. The monoisotopic (exact) mass is 315 g/mol. The highest BCUT2D eigenvalue weighted by atomic mass is 16.5. The number of hydrogen-bond acceptors (Lipinski definition) is 4. The van der Waals surface area contributed by atoms with E-state index in [4.69, 9.17) is 4.74 Å². The molecule has 7 nitrogen and oxygen atoms in total. The van der Waals surface area contributed by atoms with Gasteiger partial charge in [-0.1, -0.05) is 0 Å². The number of carbonyl (C=O) groups excluding carboxylic acids is 1. The predicted octanol–water partition coefficient (Wildman–Crippen LogP) is 1.04. The first-order valence-corrected chi connectivity index (χ1v) is 8.23. The maximum atomic E-state index is 12.6. The minimum absolute atomic E-state index is 0.103. The van der Waals surface area contributed by atoms with Crippen molar-refractivity contribution in [3.63, 3.8) is 0 Å². The number of aromatic nitrogens is 4. The van der Waals surface area contributed by atoms with Crippen LogP contribution in [0.2, 0.25) is 0 Å². The zero-order valence-electron chi connectivity index (χ0n) is 13.1. The molecule has 2 aliphatic rings. The summed E-state index contributed by atoms with van der Waals surface area (Å²) in [4.78, 5) is 14.4. The van der Waals surface area contributed by atoms with Crippen molar-refractivity contribution in [2.45, 2.75) is 45.0 Å². The molecule has 23 heavy (non-hydrogen) atoms. The molecule has 0 saturated carbocycles. The summed E-state index contributed by atoms with van der Waals surface area (Å²) in [5.41, 5.74) is 0. The maximum Gasteiger partial charge on any atom is 0.252 e. The van der Waals surface area contributed by atoms with Crippen LogP contribution in [0.3, 0.4) is 0 Å². The summed E-state index contributed by atoms with van der Waals surface area (Å²) in [6.45, 7) is 3.54. The smallest absolute Gasteiger partial charge is 0.252 e. The number of rotatable bonds is 3. The van der Waals surface area contributed by atoms with Gasteiger partial charge in [0, 0.05) is 32.1 Å². The second kappa shape index (κ2) is 6.16. The van der Waals surface area contributed by atoms with Gasteiger partial charge >= 0.3 is 0 Å². The van der Waals surface area contributed by atoms with Gasteiger partial charge in [-0.3, -0.25) is 4.79 Å². The van der Waals surface area contributed by atoms with E-state index < -0.39 is 0 Å². The number of nitrogens with zero attached hydrogens (tertiary/aromatic N) is 5. The molecule has 2 aromatic heterocycles. The van der Waals surface area contributed by atoms with Gasteiger partial charge in [0.25, 0.3) is 5.91 Å². The fourth-order valence-corrected chi connectivity index (χ4v) is 3.34. The Morgan fingerprint density at radius 2 is 2.09 bits per heavy atom. The molecule has 0 radical (unpaired) electrons. The van der Waals surface area contributed by atoms with Crippen molar-refractivity contribution in [1.29, 1.82) is 0 Å². The zero-order chi connectivity index (χ0) is 15.6. The lowest BCUT2D eigenvalue weighted by Gasteiger charge is -2.22. The van der Waals surface area contributed by atoms with Crippen LogP contribution in [0.1, 0.15) is 30.9 Å². The molecule has 0 bridgehead atoms. The largest absolute Gasteiger partial charge is 0.368 e. The number of amides is 1. The first-order chi connectivity index (χ1) is 11.3. The third kappa shape index (κ3) is 2.88. The van der Waals surface area contributed by atoms with Gasteiger partial charge in [0.15, 0.2) is 11.6 Å². The molecule has 0 unspecified atom stereocenters. The van der Waals surface area contributed by atoms with Crippen LogP contribution in [-0.2, 0) is 29.2 Å². The second-order valence-electron chi connectivity index (χ2n) is 6.15. The van der Waals surface area contributed by atoms with Crippen molar-refractivity contribution in [3.05, 3.63) is 36.2 Å². The molecule has 0 spiro atoms. The van der Waals surface area contributed by atoms with E-state index in [-0.39, 0.29) is 12.0 Å². The third-order valence-electron chi connectivity index (χ3n) is 4.55. The SMILES string of the molecule is O=C([C@H]1CCCO1)N1CCCn2c(nnc2Cn2cccc2)C1. The normalized spacial score (nSPS) is 21.2. The molecule has 0 aliphatic carbocycles. The van der Waals surface area contributed by atoms with Gasteiger partial charge in [-0.25, -0.2) is 0 Å². The van der Waals surface area contributed by atoms with E-state index in [1.807, 2.05) is 29.4 Å². The van der Waals surface area contributed by atoms with E-state index in [2.05, 4.69) is 19.3 Å². The topological polar surface area (TPSA) is 65.2 Å². The van der Waals surface area contributed by atoms with Gasteiger partial charge in [-0.2, -0.15) is 0 Å². The molecule has 2 aromatic rings. The highest BCUT2D eigenvalue weighted by molar-refractivity contribution is 5.81. The maximum absolute atomic E-state index is 12.6. The van der Waals surface area contributed by atoms with Gasteiger partial charge in [0.05, 0.1) is 13.1 Å². The first-order valence-electron chi connectivity index (χ1n) is 8.23. The van der Waals surface area contributed by atoms with Crippen LogP contribution in [-0.4, -0.2) is 49.4 Å². The Balaban J connectivity index is 1.51. The fourth-order valence-electron chi connectivity index (χ4n) is 3.34. The summed E-state index contributed by atoms with van der Waals surface area (Å²) in [5.74, 6) is 1.92. The molecule has 7 heteroatoms. The molecular formula is C16H21N5O2. The van der Waals surface area contributed by atoms with E-state index in [0.29, 0.717) is 19.7 Å². The number of hydrogen-bond donors (Lipinski definition) is 0. The van der Waals surface area contributed by atoms with Crippen LogP contribution < -0.4 is 0 Å². The summed E-state index contributed by atoms with van der Waals surface area (Å²) in [6, 6.07) is 4.00. The lowest BCUT2D eigenvalue weighted by Crippen LogP contribution is -2.38. The number of ether oxygens (including phenoxy) is 1. The third-order valence-corrected chi connectivity index (χ3v) is 4.55. The van der Waals surface area contributed by atoms with Crippen LogP contribution in [0.5, 0.6) is 0 Å². The second-order valence-corrected chi connectivity index (χ2v) is 6.15. The van der Waals surface area contributed by atoms with Crippen LogP contribution >= 0.6 is 0 Å². The van der Waals surface area contributed by atoms with Gasteiger partial charge < -0.3 is 18.8 Å². The Morgan fingerprint density at radius 1 is 1.22 bits per heavy atom. The highest BCUT2D eigenvalue weighted by Gasteiger charge is 2.30. The number of carbonyl (C=O) groups is 1. The quantitative estimate of drug-likeness (QED) is 0.849. The molecule has 1 atom stereocenters. The fraction of sp³-hybridized carbons (Fsp3) is 0.562. The van der Waals surface area contributed by atoms with Crippen molar-refractivity contribution < 1.29 is 9.53 Å². The molecule has 4 heterocycles. The Bertz CT molecular complexity index is 673. The van der Waals surface area contributed by atoms with Gasteiger partial charge in [0.2, 0.25) is 0 Å². The van der Waals surface area contributed by atoms with Crippen molar-refractivity contribution in [2.24, 2.45) is 0 Å². The molecule has 1 saturated heterocycles. The Labute approximate surface area is 134 Å². The van der Waals surface area contributed by atoms with Crippen molar-refractivity contribution >= 4 is 5.91 Å². The van der Waals surface area contributed by atoms with E-state index in [1.165, 1.54) is 0 Å². The average Bonchev–Trinajstić information content (AvgIpc) is 3.29. The van der Waals surface area contributed by atoms with E-state index in [0.717, 1.165) is 44.0 Å². The van der Waals surface area contributed by atoms with E-state index in [1.54, 1.807) is 0 Å². The van der Waals surface area contributed by atoms with Crippen LogP contribution in [0, 0.1) is 0 Å². The van der Waals surface area contributed by atoms with E-state index in [9.17, 15) is 4.79 Å².